The van der Waals surface area contributed by atoms with Crippen molar-refractivity contribution in [2.24, 2.45) is 0 Å². The first-order valence-electron chi connectivity index (χ1n) is 10.6. The number of hydrogen-bond acceptors (Lipinski definition) is 5. The number of amides is 3. The van der Waals surface area contributed by atoms with E-state index in [0.717, 1.165) is 10.7 Å². The second kappa shape index (κ2) is 18.0. The molecule has 184 valence electrons. The molecule has 1 unspecified atom stereocenters. The summed E-state index contributed by atoms with van der Waals surface area (Å²) in [7, 11) is -2.66. The largest absolute Gasteiger partial charge is 0.480 e. The molecular weight excluding hydrogens is 436 g/mol. The molecule has 3 amide bonds. The van der Waals surface area contributed by atoms with Crippen molar-refractivity contribution in [2.45, 2.75) is 58.4 Å². The zero-order valence-electron chi connectivity index (χ0n) is 19.8. The monoisotopic (exact) mass is 474 g/mol. The van der Waals surface area contributed by atoms with E-state index < -0.39 is 40.5 Å². The summed E-state index contributed by atoms with van der Waals surface area (Å²) in [6, 6.07) is 5.60. The van der Waals surface area contributed by atoms with E-state index in [1.54, 1.807) is 18.2 Å². The van der Waals surface area contributed by atoms with Gasteiger partial charge in [-0.05, 0) is 18.6 Å². The van der Waals surface area contributed by atoms with Crippen LogP contribution in [0.3, 0.4) is 0 Å². The lowest BCUT2D eigenvalue weighted by molar-refractivity contribution is -0.141. The molecule has 0 radical (unpaired) electrons. The van der Waals surface area contributed by atoms with Gasteiger partial charge in [0.25, 0.3) is 0 Å². The highest BCUT2D eigenvalue weighted by atomic mass is 32.2. The molecule has 0 saturated carbocycles. The van der Waals surface area contributed by atoms with E-state index in [0.29, 0.717) is 6.54 Å². The number of aliphatic carboxylic acids is 1. The van der Waals surface area contributed by atoms with E-state index in [-0.39, 0.29) is 11.4 Å². The number of carboxylic acid groups (broad SMARTS) is 1. The second-order valence-corrected chi connectivity index (χ2v) is 8.42. The van der Waals surface area contributed by atoms with Gasteiger partial charge in [-0.2, -0.15) is 4.31 Å². The van der Waals surface area contributed by atoms with Gasteiger partial charge in [-0.1, -0.05) is 59.2 Å². The van der Waals surface area contributed by atoms with Crippen LogP contribution >= 0.6 is 0 Å². The fourth-order valence-electron chi connectivity index (χ4n) is 2.00. The van der Waals surface area contributed by atoms with Gasteiger partial charge in [0.1, 0.15) is 6.04 Å². The summed E-state index contributed by atoms with van der Waals surface area (Å²) in [5.74, 6) is -2.16. The van der Waals surface area contributed by atoms with Crippen molar-refractivity contribution in [2.75, 3.05) is 26.7 Å². The third kappa shape index (κ3) is 12.9. The minimum atomic E-state index is -3.88. The third-order valence-electron chi connectivity index (χ3n) is 3.45. The molecule has 0 spiro atoms. The molecule has 0 fully saturated rings. The van der Waals surface area contributed by atoms with Gasteiger partial charge in [0.05, 0.1) is 18.0 Å². The summed E-state index contributed by atoms with van der Waals surface area (Å²) < 4.78 is 25.6. The highest BCUT2D eigenvalue weighted by Crippen LogP contribution is 2.12. The number of nitrogens with one attached hydrogen (secondary N) is 3. The van der Waals surface area contributed by atoms with Crippen molar-refractivity contribution in [3.63, 3.8) is 0 Å². The highest BCUT2D eigenvalue weighted by molar-refractivity contribution is 7.89. The predicted octanol–water partition coefficient (Wildman–Crippen LogP) is 2.03. The van der Waals surface area contributed by atoms with E-state index in [1.165, 1.54) is 25.6 Å². The molecule has 11 heteroatoms. The number of carbonyl (C=O) groups excluding carboxylic acids is 2. The quantitative estimate of drug-likeness (QED) is 0.408. The lowest BCUT2D eigenvalue weighted by Gasteiger charge is -2.19. The van der Waals surface area contributed by atoms with Crippen LogP contribution in [0.25, 0.3) is 0 Å². The van der Waals surface area contributed by atoms with Crippen LogP contribution in [0.2, 0.25) is 0 Å². The van der Waals surface area contributed by atoms with Crippen molar-refractivity contribution in [1.29, 1.82) is 0 Å². The molecule has 0 bridgehead atoms. The van der Waals surface area contributed by atoms with Crippen molar-refractivity contribution in [1.82, 2.24) is 20.3 Å². The molecule has 1 aromatic carbocycles. The molecule has 1 atom stereocenters. The molecule has 32 heavy (non-hydrogen) atoms. The molecule has 0 saturated heterocycles. The molecule has 4 N–H and O–H groups in total. The fourth-order valence-corrected chi connectivity index (χ4v) is 3.14. The number of hydrogen-bond donors (Lipinski definition) is 4. The lowest BCUT2D eigenvalue weighted by atomic mass is 10.3. The molecule has 10 nitrogen and oxygen atoms in total. The van der Waals surface area contributed by atoms with Crippen LogP contribution in [0, 0.1) is 0 Å². The minimum Gasteiger partial charge on any atom is -0.480 e. The number of likely N-dealkylation sites (N-methyl/N-ethyl adjacent to an activating group) is 1. The normalized spacial score (nSPS) is 11.1. The van der Waals surface area contributed by atoms with Gasteiger partial charge >= 0.3 is 12.0 Å². The average Bonchev–Trinajstić information content (AvgIpc) is 2.77. The standard InChI is InChI=1S/C16H24N4O6S.C3H8.C2H6/c1-3-9-17-16(24)18-10-13(15(22)23)19-14(21)11-20(2)27(25,26)12-7-5-4-6-8-12;1-3-2;1-2/h4-8,13H,3,9-11H2,1-2H3,(H,19,21)(H,22,23)(H2,17,18,24);3H2,1-2H3;1-2H3. The van der Waals surface area contributed by atoms with Crippen LogP contribution in [0.1, 0.15) is 47.5 Å². The highest BCUT2D eigenvalue weighted by Gasteiger charge is 2.26. The van der Waals surface area contributed by atoms with Gasteiger partial charge in [0.2, 0.25) is 15.9 Å². The molecule has 1 aromatic rings. The first-order chi connectivity index (χ1) is 15.1. The van der Waals surface area contributed by atoms with Crippen LogP contribution in [0.5, 0.6) is 0 Å². The van der Waals surface area contributed by atoms with Crippen molar-refractivity contribution in [3.8, 4) is 0 Å². The summed E-state index contributed by atoms with van der Waals surface area (Å²) >= 11 is 0. The van der Waals surface area contributed by atoms with Gasteiger partial charge in [0, 0.05) is 13.6 Å². The Balaban J connectivity index is 0. The first kappa shape index (κ1) is 31.5. The molecule has 0 heterocycles. The average molecular weight is 475 g/mol. The zero-order valence-corrected chi connectivity index (χ0v) is 20.7. The molecule has 0 aliphatic heterocycles. The third-order valence-corrected chi connectivity index (χ3v) is 5.27. The Hall–Kier alpha value is -2.66. The number of benzene rings is 1. The second-order valence-electron chi connectivity index (χ2n) is 6.38. The van der Waals surface area contributed by atoms with E-state index in [2.05, 4.69) is 29.8 Å². The maximum absolute atomic E-state index is 12.4. The molecule has 0 aliphatic rings. The Kier molecular flexibility index (Phi) is 17.7. The topological polar surface area (TPSA) is 145 Å². The maximum atomic E-state index is 12.4. The minimum absolute atomic E-state index is 0.0179. The van der Waals surface area contributed by atoms with E-state index in [9.17, 15) is 22.8 Å². The van der Waals surface area contributed by atoms with Gasteiger partial charge in [-0.25, -0.2) is 18.0 Å². The van der Waals surface area contributed by atoms with Gasteiger partial charge in [-0.3, -0.25) is 4.79 Å². The number of nitrogens with zero attached hydrogens (tertiary/aromatic N) is 1. The number of urea groups is 1. The number of carboxylic acids is 1. The van der Waals surface area contributed by atoms with E-state index in [4.69, 9.17) is 5.11 Å². The van der Waals surface area contributed by atoms with Crippen molar-refractivity contribution in [3.05, 3.63) is 30.3 Å². The smallest absolute Gasteiger partial charge is 0.328 e. The Morgan fingerprint density at radius 2 is 1.56 bits per heavy atom. The van der Waals surface area contributed by atoms with Gasteiger partial charge < -0.3 is 21.1 Å². The maximum Gasteiger partial charge on any atom is 0.328 e. The lowest BCUT2D eigenvalue weighted by Crippen LogP contribution is -2.52. The van der Waals surface area contributed by atoms with Crippen LogP contribution in [0.15, 0.2) is 35.2 Å². The summed E-state index contributed by atoms with van der Waals surface area (Å²) in [5.41, 5.74) is 0. The Morgan fingerprint density at radius 3 is 2.03 bits per heavy atom. The van der Waals surface area contributed by atoms with Crippen molar-refractivity contribution >= 4 is 27.9 Å². The summed E-state index contributed by atoms with van der Waals surface area (Å²) in [6.07, 6.45) is 1.97. The Labute approximate surface area is 191 Å². The number of carbonyl (C=O) groups is 3. The van der Waals surface area contributed by atoms with E-state index >= 15 is 0 Å². The first-order valence-corrected chi connectivity index (χ1v) is 12.1. The molecular formula is C21H38N4O6S. The number of rotatable bonds is 10. The fraction of sp³-hybridized carbons (Fsp3) is 0.571. The zero-order chi connectivity index (χ0) is 25.2. The summed E-state index contributed by atoms with van der Waals surface area (Å²) in [5, 5.41) is 16.2. The Bertz CT molecular complexity index is 772. The van der Waals surface area contributed by atoms with Gasteiger partial charge in [0.15, 0.2) is 0 Å². The van der Waals surface area contributed by atoms with Crippen LogP contribution in [-0.4, -0.2) is 68.5 Å². The van der Waals surface area contributed by atoms with Crippen molar-refractivity contribution < 1.29 is 27.9 Å². The van der Waals surface area contributed by atoms with Crippen LogP contribution in [-0.2, 0) is 19.6 Å². The molecule has 0 aromatic heterocycles. The van der Waals surface area contributed by atoms with Crippen LogP contribution < -0.4 is 16.0 Å². The summed E-state index contributed by atoms with van der Waals surface area (Å²) in [4.78, 5) is 34.8. The molecule has 0 aliphatic carbocycles. The van der Waals surface area contributed by atoms with E-state index in [1.807, 2.05) is 20.8 Å². The number of sulfonamides is 1. The van der Waals surface area contributed by atoms with Gasteiger partial charge in [-0.15, -0.1) is 0 Å². The molecule has 1 rings (SSSR count). The predicted molar refractivity (Wildman–Crippen MR) is 125 cm³/mol. The summed E-state index contributed by atoms with van der Waals surface area (Å²) in [6.45, 7) is 9.63. The Morgan fingerprint density at radius 1 is 1.03 bits per heavy atom. The SMILES string of the molecule is CC.CCC.CCCNC(=O)NCC(NC(=O)CN(C)S(=O)(=O)c1ccccc1)C(=O)O. The van der Waals surface area contributed by atoms with Crippen LogP contribution in [0.4, 0.5) is 4.79 Å².